The number of nitrogens with one attached hydrogen (secondary N) is 2. The molecule has 8 heteroatoms. The molecule has 5 nitrogen and oxygen atoms in total. The average molecular weight is 361 g/mol. The van der Waals surface area contributed by atoms with Gasteiger partial charge in [-0.15, -0.1) is 0 Å². The molecule has 1 aromatic rings. The second-order valence-electron chi connectivity index (χ2n) is 5.39. The van der Waals surface area contributed by atoms with E-state index in [1.807, 2.05) is 19.1 Å². The third kappa shape index (κ3) is 10.6. The first-order valence-electron chi connectivity index (χ1n) is 8.18. The summed E-state index contributed by atoms with van der Waals surface area (Å²) in [4.78, 5) is 4.48. The first-order valence-corrected chi connectivity index (χ1v) is 8.18. The summed E-state index contributed by atoms with van der Waals surface area (Å²) in [6, 6.07) is 7.18. The molecular weight excluding hydrogens is 335 g/mol. The highest BCUT2D eigenvalue weighted by atomic mass is 19.4. The van der Waals surface area contributed by atoms with E-state index in [2.05, 4.69) is 20.4 Å². The van der Waals surface area contributed by atoms with Gasteiger partial charge in [0.2, 0.25) is 0 Å². The maximum absolute atomic E-state index is 12.0. The average Bonchev–Trinajstić information content (AvgIpc) is 2.56. The van der Waals surface area contributed by atoms with Crippen molar-refractivity contribution in [2.75, 3.05) is 33.4 Å². The van der Waals surface area contributed by atoms with Crippen LogP contribution in [0.3, 0.4) is 0 Å². The van der Waals surface area contributed by atoms with E-state index in [-0.39, 0.29) is 6.61 Å². The number of hydrogen-bond acceptors (Lipinski definition) is 3. The minimum Gasteiger partial charge on any atom is -0.385 e. The van der Waals surface area contributed by atoms with Crippen LogP contribution in [-0.4, -0.2) is 45.5 Å². The lowest BCUT2D eigenvalue weighted by Gasteiger charge is -2.11. The van der Waals surface area contributed by atoms with Crippen LogP contribution in [0.1, 0.15) is 24.5 Å². The maximum Gasteiger partial charge on any atom is 0.411 e. The molecule has 0 fully saturated rings. The Kier molecular flexibility index (Phi) is 9.94. The molecule has 0 amide bonds. The van der Waals surface area contributed by atoms with Crippen LogP contribution in [0.4, 0.5) is 13.2 Å². The van der Waals surface area contributed by atoms with Gasteiger partial charge >= 0.3 is 6.18 Å². The standard InChI is InChI=1S/C17H26F3N3O2/c1-3-21-16(22-9-4-10-24-2)23-11-14-5-7-15(8-6-14)12-25-13-17(18,19)20/h5-8H,3-4,9-13H2,1-2H3,(H2,21,22,23). The number of hydrogen-bond donors (Lipinski definition) is 2. The minimum absolute atomic E-state index is 0.0627. The molecule has 2 N–H and O–H groups in total. The summed E-state index contributed by atoms with van der Waals surface area (Å²) in [5, 5.41) is 6.37. The fraction of sp³-hybridized carbons (Fsp3) is 0.588. The van der Waals surface area contributed by atoms with Crippen LogP contribution in [0.25, 0.3) is 0 Å². The number of halogens is 3. The third-order valence-corrected chi connectivity index (χ3v) is 3.14. The minimum atomic E-state index is -4.30. The van der Waals surface area contributed by atoms with E-state index in [0.29, 0.717) is 18.7 Å². The molecule has 0 aliphatic carbocycles. The van der Waals surface area contributed by atoms with Crippen molar-refractivity contribution in [3.05, 3.63) is 35.4 Å². The van der Waals surface area contributed by atoms with E-state index >= 15 is 0 Å². The lowest BCUT2D eigenvalue weighted by atomic mass is 10.1. The Morgan fingerprint density at radius 1 is 1.12 bits per heavy atom. The summed E-state index contributed by atoms with van der Waals surface area (Å²) < 4.78 is 45.7. The van der Waals surface area contributed by atoms with Gasteiger partial charge in [-0.2, -0.15) is 13.2 Å². The predicted molar refractivity (Wildman–Crippen MR) is 91.5 cm³/mol. The first-order chi connectivity index (χ1) is 11.9. The molecule has 0 unspecified atom stereocenters. The highest BCUT2D eigenvalue weighted by molar-refractivity contribution is 5.79. The van der Waals surface area contributed by atoms with Crippen molar-refractivity contribution in [3.63, 3.8) is 0 Å². The Labute approximate surface area is 146 Å². The van der Waals surface area contributed by atoms with Crippen molar-refractivity contribution in [2.45, 2.75) is 32.7 Å². The third-order valence-electron chi connectivity index (χ3n) is 3.14. The molecular formula is C17H26F3N3O2. The molecule has 0 aromatic heterocycles. The summed E-state index contributed by atoms with van der Waals surface area (Å²) >= 11 is 0. The summed E-state index contributed by atoms with van der Waals surface area (Å²) in [5.74, 6) is 0.719. The summed E-state index contributed by atoms with van der Waals surface area (Å²) in [6.07, 6.45) is -3.42. The van der Waals surface area contributed by atoms with Crippen LogP contribution in [-0.2, 0) is 22.6 Å². The fourth-order valence-corrected chi connectivity index (χ4v) is 1.96. The zero-order valence-corrected chi connectivity index (χ0v) is 14.7. The van der Waals surface area contributed by atoms with Crippen LogP contribution in [0.5, 0.6) is 0 Å². The number of guanidine groups is 1. The molecule has 0 spiro atoms. The normalized spacial score (nSPS) is 12.3. The first kappa shape index (κ1) is 21.2. The van der Waals surface area contributed by atoms with E-state index in [4.69, 9.17) is 4.74 Å². The predicted octanol–water partition coefficient (Wildman–Crippen LogP) is 2.86. The molecule has 0 aliphatic heterocycles. The number of methoxy groups -OCH3 is 1. The molecule has 0 saturated carbocycles. The van der Waals surface area contributed by atoms with Gasteiger partial charge in [0.1, 0.15) is 6.61 Å². The fourth-order valence-electron chi connectivity index (χ4n) is 1.96. The largest absolute Gasteiger partial charge is 0.411 e. The topological polar surface area (TPSA) is 54.9 Å². The van der Waals surface area contributed by atoms with E-state index in [0.717, 1.165) is 31.0 Å². The Morgan fingerprint density at radius 2 is 1.80 bits per heavy atom. The van der Waals surface area contributed by atoms with Crippen molar-refractivity contribution in [3.8, 4) is 0 Å². The molecule has 0 radical (unpaired) electrons. The van der Waals surface area contributed by atoms with Gasteiger partial charge in [-0.3, -0.25) is 0 Å². The molecule has 0 bridgehead atoms. The lowest BCUT2D eigenvalue weighted by molar-refractivity contribution is -0.176. The highest BCUT2D eigenvalue weighted by Gasteiger charge is 2.27. The second kappa shape index (κ2) is 11.7. The summed E-state index contributed by atoms with van der Waals surface area (Å²) in [7, 11) is 1.66. The van der Waals surface area contributed by atoms with Gasteiger partial charge in [-0.05, 0) is 24.5 Å². The Morgan fingerprint density at radius 3 is 2.40 bits per heavy atom. The lowest BCUT2D eigenvalue weighted by Crippen LogP contribution is -2.38. The van der Waals surface area contributed by atoms with Crippen LogP contribution in [0.15, 0.2) is 29.3 Å². The number of rotatable bonds is 10. The quantitative estimate of drug-likeness (QED) is 0.382. The van der Waals surface area contributed by atoms with Gasteiger partial charge in [-0.25, -0.2) is 4.99 Å². The molecule has 0 heterocycles. The van der Waals surface area contributed by atoms with Crippen LogP contribution in [0.2, 0.25) is 0 Å². The second-order valence-corrected chi connectivity index (χ2v) is 5.39. The van der Waals surface area contributed by atoms with Gasteiger partial charge in [0.05, 0.1) is 13.2 Å². The highest BCUT2D eigenvalue weighted by Crippen LogP contribution is 2.16. The smallest absolute Gasteiger partial charge is 0.385 e. The molecule has 0 atom stereocenters. The number of aliphatic imine (C=N–C) groups is 1. The van der Waals surface area contributed by atoms with Crippen molar-refractivity contribution < 1.29 is 22.6 Å². The van der Waals surface area contributed by atoms with E-state index in [1.54, 1.807) is 19.2 Å². The van der Waals surface area contributed by atoms with Crippen molar-refractivity contribution in [2.24, 2.45) is 4.99 Å². The molecule has 0 aliphatic rings. The molecule has 142 valence electrons. The molecule has 1 rings (SSSR count). The monoisotopic (exact) mass is 361 g/mol. The number of alkyl halides is 3. The molecule has 25 heavy (non-hydrogen) atoms. The van der Waals surface area contributed by atoms with Crippen LogP contribution < -0.4 is 10.6 Å². The van der Waals surface area contributed by atoms with E-state index in [9.17, 15) is 13.2 Å². The van der Waals surface area contributed by atoms with Gasteiger partial charge in [-0.1, -0.05) is 24.3 Å². The van der Waals surface area contributed by atoms with Crippen LogP contribution >= 0.6 is 0 Å². The number of benzene rings is 1. The SMILES string of the molecule is CCNC(=NCc1ccc(COCC(F)(F)F)cc1)NCCCOC. The summed E-state index contributed by atoms with van der Waals surface area (Å²) in [5.41, 5.74) is 1.66. The van der Waals surface area contributed by atoms with Gasteiger partial charge in [0.25, 0.3) is 0 Å². The Balaban J connectivity index is 2.45. The molecule has 0 saturated heterocycles. The van der Waals surface area contributed by atoms with Gasteiger partial charge in [0.15, 0.2) is 5.96 Å². The molecule has 1 aromatic carbocycles. The van der Waals surface area contributed by atoms with Gasteiger partial charge in [0, 0.05) is 26.8 Å². The van der Waals surface area contributed by atoms with Crippen molar-refractivity contribution >= 4 is 5.96 Å². The maximum atomic E-state index is 12.0. The Hall–Kier alpha value is -1.80. The number of nitrogens with zero attached hydrogens (tertiary/aromatic N) is 1. The van der Waals surface area contributed by atoms with Crippen molar-refractivity contribution in [1.82, 2.24) is 10.6 Å². The van der Waals surface area contributed by atoms with Crippen LogP contribution in [0, 0.1) is 0 Å². The Bertz CT molecular complexity index is 505. The van der Waals surface area contributed by atoms with E-state index < -0.39 is 12.8 Å². The zero-order valence-electron chi connectivity index (χ0n) is 14.7. The zero-order chi connectivity index (χ0) is 18.5. The summed E-state index contributed by atoms with van der Waals surface area (Å²) in [6.45, 7) is 3.36. The number of ether oxygens (including phenoxy) is 2. The van der Waals surface area contributed by atoms with Crippen molar-refractivity contribution in [1.29, 1.82) is 0 Å². The van der Waals surface area contributed by atoms with Gasteiger partial charge < -0.3 is 20.1 Å². The van der Waals surface area contributed by atoms with E-state index in [1.165, 1.54) is 0 Å².